The lowest BCUT2D eigenvalue weighted by molar-refractivity contribution is 0.0744. The van der Waals surface area contributed by atoms with Crippen molar-refractivity contribution in [2.75, 3.05) is 31.1 Å². The van der Waals surface area contributed by atoms with Crippen molar-refractivity contribution in [1.82, 2.24) is 34.8 Å². The molecule has 5 rings (SSSR count). The Kier molecular flexibility index (Phi) is 5.92. The van der Waals surface area contributed by atoms with Crippen LogP contribution in [-0.2, 0) is 6.54 Å². The summed E-state index contributed by atoms with van der Waals surface area (Å²) in [5.41, 5.74) is 4.01. The highest BCUT2D eigenvalue weighted by atomic mass is 35.5. The van der Waals surface area contributed by atoms with E-state index in [9.17, 15) is 4.79 Å². The molecule has 0 unspecified atom stereocenters. The summed E-state index contributed by atoms with van der Waals surface area (Å²) in [6.45, 7) is 11.4. The molecule has 5 heterocycles. The van der Waals surface area contributed by atoms with E-state index >= 15 is 0 Å². The van der Waals surface area contributed by atoms with Gasteiger partial charge in [0.25, 0.3) is 11.9 Å². The van der Waals surface area contributed by atoms with Crippen molar-refractivity contribution in [3.63, 3.8) is 0 Å². The van der Waals surface area contributed by atoms with Crippen molar-refractivity contribution in [3.8, 4) is 11.4 Å². The number of oxazole rings is 1. The van der Waals surface area contributed by atoms with E-state index in [-0.39, 0.29) is 11.3 Å². The fourth-order valence-electron chi connectivity index (χ4n) is 4.07. The van der Waals surface area contributed by atoms with Crippen LogP contribution in [0.5, 0.6) is 0 Å². The van der Waals surface area contributed by atoms with E-state index in [1.807, 2.05) is 22.8 Å². The molecule has 0 aromatic carbocycles. The first-order valence-corrected chi connectivity index (χ1v) is 11.9. The number of fused-ring (bicyclic) bond motifs is 1. The molecule has 10 nitrogen and oxygen atoms in total. The third kappa shape index (κ3) is 4.97. The first-order valence-electron chi connectivity index (χ1n) is 11.5. The predicted molar refractivity (Wildman–Crippen MR) is 132 cm³/mol. The van der Waals surface area contributed by atoms with E-state index in [2.05, 4.69) is 45.9 Å². The molecule has 0 saturated carbocycles. The van der Waals surface area contributed by atoms with Crippen molar-refractivity contribution < 1.29 is 9.21 Å². The number of hydrogen-bond acceptors (Lipinski definition) is 8. The van der Waals surface area contributed by atoms with E-state index in [1.54, 1.807) is 29.3 Å². The second-order valence-corrected chi connectivity index (χ2v) is 10.3. The fourth-order valence-corrected chi connectivity index (χ4v) is 4.21. The summed E-state index contributed by atoms with van der Waals surface area (Å²) in [7, 11) is 0. The number of carbonyl (C=O) groups excluding carboxylic acids is 1. The molecule has 0 bridgehead atoms. The molecule has 182 valence electrons. The molecule has 1 saturated heterocycles. The Balaban J connectivity index is 1.25. The molecule has 1 aliphatic rings. The molecule has 1 fully saturated rings. The summed E-state index contributed by atoms with van der Waals surface area (Å²) < 4.78 is 5.81. The number of aromatic nitrogens is 6. The van der Waals surface area contributed by atoms with Crippen LogP contribution in [0, 0.1) is 12.3 Å². The summed E-state index contributed by atoms with van der Waals surface area (Å²) in [6, 6.07) is 5.79. The number of nitrogens with zero attached hydrogens (tertiary/aromatic N) is 8. The molecule has 1 aliphatic heterocycles. The van der Waals surface area contributed by atoms with Gasteiger partial charge in [0, 0.05) is 32.4 Å². The number of amides is 1. The van der Waals surface area contributed by atoms with E-state index in [4.69, 9.17) is 16.0 Å². The maximum Gasteiger partial charge on any atom is 0.300 e. The molecule has 35 heavy (non-hydrogen) atoms. The van der Waals surface area contributed by atoms with Gasteiger partial charge in [0.15, 0.2) is 5.58 Å². The van der Waals surface area contributed by atoms with Gasteiger partial charge in [-0.15, -0.1) is 0 Å². The summed E-state index contributed by atoms with van der Waals surface area (Å²) in [6.07, 6.45) is 3.34. The van der Waals surface area contributed by atoms with Crippen molar-refractivity contribution >= 4 is 34.8 Å². The van der Waals surface area contributed by atoms with Crippen LogP contribution >= 0.6 is 11.6 Å². The fraction of sp³-hybridized carbons (Fsp3) is 0.417. The van der Waals surface area contributed by atoms with Crippen LogP contribution in [0.15, 0.2) is 35.0 Å². The minimum absolute atomic E-state index is 0.0470. The number of hydrogen-bond donors (Lipinski definition) is 0. The molecule has 0 spiro atoms. The van der Waals surface area contributed by atoms with Crippen molar-refractivity contribution in [2.24, 2.45) is 5.41 Å². The first-order chi connectivity index (χ1) is 16.7. The van der Waals surface area contributed by atoms with Crippen LogP contribution in [0.2, 0.25) is 5.15 Å². The summed E-state index contributed by atoms with van der Waals surface area (Å²) in [5, 5.41) is 9.30. The van der Waals surface area contributed by atoms with Crippen LogP contribution in [0.1, 0.15) is 36.7 Å². The van der Waals surface area contributed by atoms with Crippen molar-refractivity contribution in [3.05, 3.63) is 46.9 Å². The average Bonchev–Trinajstić information content (AvgIpc) is 3.44. The van der Waals surface area contributed by atoms with Crippen LogP contribution in [0.25, 0.3) is 22.6 Å². The number of halogens is 1. The van der Waals surface area contributed by atoms with Gasteiger partial charge in [-0.1, -0.05) is 32.4 Å². The van der Waals surface area contributed by atoms with E-state index in [1.165, 1.54) is 0 Å². The zero-order valence-corrected chi connectivity index (χ0v) is 21.0. The molecule has 4 aromatic heterocycles. The second kappa shape index (κ2) is 8.92. The topological polar surface area (TPSA) is 106 Å². The van der Waals surface area contributed by atoms with Gasteiger partial charge in [0.2, 0.25) is 5.65 Å². The number of piperazine rings is 1. The number of aryl methyl sites for hydroxylation is 1. The van der Waals surface area contributed by atoms with Crippen molar-refractivity contribution in [2.45, 2.75) is 34.2 Å². The van der Waals surface area contributed by atoms with Gasteiger partial charge >= 0.3 is 0 Å². The zero-order chi connectivity index (χ0) is 24.7. The predicted octanol–water partition coefficient (Wildman–Crippen LogP) is 3.85. The SMILES string of the molecule is Cc1cc(C(=O)N2CCN(c3nc4nc(Cl)ccc4o3)CC2)cnc1-c1cnn(CC(C)(C)C)n1. The Morgan fingerprint density at radius 3 is 2.60 bits per heavy atom. The lowest BCUT2D eigenvalue weighted by Gasteiger charge is -2.33. The van der Waals surface area contributed by atoms with Gasteiger partial charge in [-0.25, -0.2) is 4.98 Å². The summed E-state index contributed by atoms with van der Waals surface area (Å²) >= 11 is 5.94. The highest BCUT2D eigenvalue weighted by molar-refractivity contribution is 6.29. The normalized spacial score (nSPS) is 14.7. The Bertz CT molecular complexity index is 1380. The minimum Gasteiger partial charge on any atom is -0.422 e. The molecule has 0 N–H and O–H groups in total. The van der Waals surface area contributed by atoms with E-state index in [0.717, 1.165) is 11.3 Å². The molecular formula is C24H27ClN8O2. The van der Waals surface area contributed by atoms with E-state index in [0.29, 0.717) is 66.4 Å². The first kappa shape index (κ1) is 23.2. The highest BCUT2D eigenvalue weighted by Crippen LogP contribution is 2.24. The Morgan fingerprint density at radius 1 is 1.11 bits per heavy atom. The standard InChI is InChI=1S/C24H27ClN8O2/c1-15-11-16(12-26-20(15)17-13-27-33(30-17)14-24(2,3)4)22(34)31-7-9-32(10-8-31)23-29-21-18(35-23)5-6-19(25)28-21/h5-6,11-13H,7-10,14H2,1-4H3. The van der Waals surface area contributed by atoms with Gasteiger partial charge < -0.3 is 14.2 Å². The Morgan fingerprint density at radius 2 is 1.89 bits per heavy atom. The highest BCUT2D eigenvalue weighted by Gasteiger charge is 2.26. The van der Waals surface area contributed by atoms with Crippen LogP contribution < -0.4 is 4.90 Å². The quantitative estimate of drug-likeness (QED) is 0.394. The van der Waals surface area contributed by atoms with Gasteiger partial charge in [-0.2, -0.15) is 20.0 Å². The van der Waals surface area contributed by atoms with E-state index < -0.39 is 0 Å². The average molecular weight is 495 g/mol. The molecule has 0 aliphatic carbocycles. The number of anilines is 1. The van der Waals surface area contributed by atoms with Crippen molar-refractivity contribution in [1.29, 1.82) is 0 Å². The van der Waals surface area contributed by atoms with Gasteiger partial charge in [-0.05, 0) is 36.1 Å². The smallest absolute Gasteiger partial charge is 0.300 e. The molecule has 11 heteroatoms. The number of rotatable bonds is 4. The largest absolute Gasteiger partial charge is 0.422 e. The third-order valence-electron chi connectivity index (χ3n) is 5.77. The molecule has 0 radical (unpaired) electrons. The molecular weight excluding hydrogens is 468 g/mol. The number of pyridine rings is 2. The number of carbonyl (C=O) groups is 1. The van der Waals surface area contributed by atoms with Crippen LogP contribution in [-0.4, -0.2) is 66.9 Å². The third-order valence-corrected chi connectivity index (χ3v) is 5.98. The van der Waals surface area contributed by atoms with Gasteiger partial charge in [0.05, 0.1) is 24.0 Å². The monoisotopic (exact) mass is 494 g/mol. The second-order valence-electron chi connectivity index (χ2n) is 9.94. The van der Waals surface area contributed by atoms with Crippen LogP contribution in [0.3, 0.4) is 0 Å². The molecule has 1 amide bonds. The van der Waals surface area contributed by atoms with Gasteiger partial charge in [-0.3, -0.25) is 9.78 Å². The maximum absolute atomic E-state index is 13.2. The minimum atomic E-state index is -0.0470. The lowest BCUT2D eigenvalue weighted by Crippen LogP contribution is -2.49. The Labute approximate surface area is 207 Å². The Hall–Kier alpha value is -3.53. The molecule has 4 aromatic rings. The zero-order valence-electron chi connectivity index (χ0n) is 20.2. The lowest BCUT2D eigenvalue weighted by atomic mass is 9.97. The van der Waals surface area contributed by atoms with Gasteiger partial charge in [0.1, 0.15) is 10.8 Å². The summed E-state index contributed by atoms with van der Waals surface area (Å²) in [5.74, 6) is -0.0470. The maximum atomic E-state index is 13.2. The molecule has 0 atom stereocenters. The van der Waals surface area contributed by atoms with Crippen LogP contribution in [0.4, 0.5) is 6.01 Å². The summed E-state index contributed by atoms with van der Waals surface area (Å²) in [4.78, 5) is 31.8.